The fourth-order valence-corrected chi connectivity index (χ4v) is 3.58. The van der Waals surface area contributed by atoms with E-state index in [9.17, 15) is 18.7 Å². The van der Waals surface area contributed by atoms with Crippen molar-refractivity contribution < 1.29 is 23.4 Å². The Kier molecular flexibility index (Phi) is 6.74. The van der Waals surface area contributed by atoms with Crippen LogP contribution >= 0.6 is 15.9 Å². The van der Waals surface area contributed by atoms with Gasteiger partial charge in [0.1, 0.15) is 17.4 Å². The van der Waals surface area contributed by atoms with Crippen LogP contribution in [-0.2, 0) is 6.42 Å². The third-order valence-electron chi connectivity index (χ3n) is 4.62. The number of rotatable bonds is 6. The monoisotopic (exact) mass is 468 g/mol. The molecule has 1 aliphatic heterocycles. The van der Waals surface area contributed by atoms with E-state index in [4.69, 9.17) is 4.74 Å². The van der Waals surface area contributed by atoms with Gasteiger partial charge in [-0.3, -0.25) is 4.90 Å². The maximum Gasteiger partial charge on any atom is 0.322 e. The molecule has 0 spiro atoms. The summed E-state index contributed by atoms with van der Waals surface area (Å²) in [5, 5.41) is 12.5. The van der Waals surface area contributed by atoms with Crippen LogP contribution in [0.2, 0.25) is 0 Å². The molecule has 2 amide bonds. The minimum atomic E-state index is -0.830. The Hall–Kier alpha value is -2.19. The predicted octanol–water partition coefficient (Wildman–Crippen LogP) is 4.57. The van der Waals surface area contributed by atoms with Gasteiger partial charge < -0.3 is 15.2 Å². The van der Waals surface area contributed by atoms with E-state index in [2.05, 4.69) is 21.2 Å². The number of aliphatic hydroxyl groups excluding tert-OH is 1. The molecule has 1 atom stereocenters. The topological polar surface area (TPSA) is 61.8 Å². The summed E-state index contributed by atoms with van der Waals surface area (Å²) in [4.78, 5) is 14.2. The average molecular weight is 469 g/mol. The van der Waals surface area contributed by atoms with Crippen LogP contribution in [0.1, 0.15) is 31.0 Å². The number of benzene rings is 2. The number of hydrogen-bond acceptors (Lipinski definition) is 3. The largest absolute Gasteiger partial charge is 0.493 e. The first-order valence-corrected chi connectivity index (χ1v) is 10.2. The number of halogens is 3. The van der Waals surface area contributed by atoms with Crippen LogP contribution < -0.4 is 15.0 Å². The highest BCUT2D eigenvalue weighted by Crippen LogP contribution is 2.33. The number of nitrogens with zero attached hydrogens (tertiary/aromatic N) is 1. The summed E-state index contributed by atoms with van der Waals surface area (Å²) in [5.74, 6) is -0.378. The minimum Gasteiger partial charge on any atom is -0.493 e. The fourth-order valence-electron chi connectivity index (χ4n) is 3.19. The zero-order valence-electron chi connectivity index (χ0n) is 16.2. The zero-order valence-corrected chi connectivity index (χ0v) is 17.8. The molecule has 2 N–H and O–H groups in total. The quantitative estimate of drug-likeness (QED) is 0.652. The molecule has 3 rings (SSSR count). The van der Waals surface area contributed by atoms with Gasteiger partial charge in [0.15, 0.2) is 0 Å². The number of fused-ring (bicyclic) bond motifs is 1. The number of carbonyl (C=O) groups excluding carboxylic acids is 1. The van der Waals surface area contributed by atoms with Crippen molar-refractivity contribution in [2.75, 3.05) is 24.7 Å². The van der Waals surface area contributed by atoms with Crippen LogP contribution in [0.25, 0.3) is 0 Å². The molecule has 29 heavy (non-hydrogen) atoms. The molecular formula is C21H23BrF2N2O3. The minimum absolute atomic E-state index is 0.269. The Morgan fingerprint density at radius 3 is 2.72 bits per heavy atom. The number of nitrogens with one attached hydrogen (secondary N) is 1. The molecule has 156 valence electrons. The van der Waals surface area contributed by atoms with E-state index in [1.165, 1.54) is 23.1 Å². The summed E-state index contributed by atoms with van der Waals surface area (Å²) < 4.78 is 33.9. The van der Waals surface area contributed by atoms with Gasteiger partial charge in [-0.15, -0.1) is 0 Å². The highest BCUT2D eigenvalue weighted by Gasteiger charge is 2.28. The molecule has 0 saturated heterocycles. The zero-order chi connectivity index (χ0) is 21.1. The van der Waals surface area contributed by atoms with E-state index in [0.29, 0.717) is 41.0 Å². The van der Waals surface area contributed by atoms with Crippen LogP contribution in [0.15, 0.2) is 34.8 Å². The molecule has 0 saturated carbocycles. The Balaban J connectivity index is 1.77. The van der Waals surface area contributed by atoms with Gasteiger partial charge in [0.25, 0.3) is 0 Å². The molecule has 5 nitrogen and oxygen atoms in total. The van der Waals surface area contributed by atoms with Crippen molar-refractivity contribution in [2.24, 2.45) is 5.92 Å². The van der Waals surface area contributed by atoms with E-state index in [1.807, 2.05) is 13.8 Å². The summed E-state index contributed by atoms with van der Waals surface area (Å²) in [5.41, 5.74) is 1.73. The van der Waals surface area contributed by atoms with Gasteiger partial charge in [0.05, 0.1) is 29.4 Å². The fraction of sp³-hybridized carbons (Fsp3) is 0.381. The van der Waals surface area contributed by atoms with Gasteiger partial charge in [0.2, 0.25) is 0 Å². The van der Waals surface area contributed by atoms with Crippen LogP contribution in [-0.4, -0.2) is 30.9 Å². The second-order valence-corrected chi connectivity index (χ2v) is 8.26. The molecule has 0 fully saturated rings. The lowest BCUT2D eigenvalue weighted by Gasteiger charge is -2.23. The summed E-state index contributed by atoms with van der Waals surface area (Å²) >= 11 is 3.15. The van der Waals surface area contributed by atoms with Crippen molar-refractivity contribution >= 4 is 27.6 Å². The highest BCUT2D eigenvalue weighted by atomic mass is 79.9. The molecule has 0 aliphatic carbocycles. The first kappa shape index (κ1) is 21.5. The van der Waals surface area contributed by atoms with E-state index in [-0.39, 0.29) is 5.92 Å². The van der Waals surface area contributed by atoms with E-state index in [0.717, 1.165) is 5.56 Å². The third-order valence-corrected chi connectivity index (χ3v) is 5.23. The number of carbonyl (C=O) groups is 1. The third kappa shape index (κ3) is 5.05. The average Bonchev–Trinajstić information content (AvgIpc) is 3.06. The van der Waals surface area contributed by atoms with Crippen molar-refractivity contribution in [1.29, 1.82) is 0 Å². The van der Waals surface area contributed by atoms with Crippen LogP contribution in [0.3, 0.4) is 0 Å². The number of anilines is 1. The van der Waals surface area contributed by atoms with Crippen LogP contribution in [0, 0.1) is 17.6 Å². The van der Waals surface area contributed by atoms with Crippen molar-refractivity contribution in [3.8, 4) is 5.75 Å². The first-order valence-electron chi connectivity index (χ1n) is 9.38. The molecule has 0 unspecified atom stereocenters. The van der Waals surface area contributed by atoms with Gasteiger partial charge in [-0.2, -0.15) is 0 Å². The number of urea groups is 1. The summed E-state index contributed by atoms with van der Waals surface area (Å²) in [6, 6.07) is 5.76. The molecule has 0 bridgehead atoms. The van der Waals surface area contributed by atoms with E-state index in [1.54, 1.807) is 12.1 Å². The van der Waals surface area contributed by atoms with Gasteiger partial charge in [-0.1, -0.05) is 13.8 Å². The number of amides is 2. The normalized spacial score (nSPS) is 14.1. The summed E-state index contributed by atoms with van der Waals surface area (Å²) in [6.45, 7) is 4.35. The van der Waals surface area contributed by atoms with Gasteiger partial charge in [-0.25, -0.2) is 13.6 Å². The maximum absolute atomic E-state index is 14.0. The van der Waals surface area contributed by atoms with Crippen LogP contribution in [0.4, 0.5) is 19.3 Å². The molecule has 0 aromatic heterocycles. The summed E-state index contributed by atoms with van der Waals surface area (Å²) in [6.07, 6.45) is 0.596. The van der Waals surface area contributed by atoms with Crippen LogP contribution in [0.5, 0.6) is 5.75 Å². The lowest BCUT2D eigenvalue weighted by atomic mass is 10.1. The Morgan fingerprint density at radius 2 is 2.03 bits per heavy atom. The highest BCUT2D eigenvalue weighted by molar-refractivity contribution is 9.10. The van der Waals surface area contributed by atoms with Gasteiger partial charge in [-0.05, 0) is 63.7 Å². The van der Waals surface area contributed by atoms with Crippen molar-refractivity contribution in [3.63, 3.8) is 0 Å². The van der Waals surface area contributed by atoms with Crippen molar-refractivity contribution in [1.82, 2.24) is 5.32 Å². The SMILES string of the molecule is CC(C)COc1cc(F)cc([C@@H](CO)NC(=O)N2CCc3cc(Br)c(F)cc32)c1. The number of hydrogen-bond donors (Lipinski definition) is 2. The lowest BCUT2D eigenvalue weighted by molar-refractivity contribution is 0.221. The van der Waals surface area contributed by atoms with Crippen molar-refractivity contribution in [3.05, 3.63) is 57.6 Å². The lowest BCUT2D eigenvalue weighted by Crippen LogP contribution is -2.42. The molecule has 0 radical (unpaired) electrons. The molecule has 2 aromatic rings. The molecule has 8 heteroatoms. The Bertz CT molecular complexity index is 908. The Labute approximate surface area is 176 Å². The number of aliphatic hydroxyl groups is 1. The molecule has 1 heterocycles. The predicted molar refractivity (Wildman–Crippen MR) is 110 cm³/mol. The number of ether oxygens (including phenoxy) is 1. The second-order valence-electron chi connectivity index (χ2n) is 7.41. The first-order chi connectivity index (χ1) is 13.8. The Morgan fingerprint density at radius 1 is 1.28 bits per heavy atom. The summed E-state index contributed by atoms with van der Waals surface area (Å²) in [7, 11) is 0. The maximum atomic E-state index is 14.0. The van der Waals surface area contributed by atoms with E-state index < -0.39 is 30.3 Å². The second kappa shape index (κ2) is 9.09. The van der Waals surface area contributed by atoms with E-state index >= 15 is 0 Å². The molecular weight excluding hydrogens is 446 g/mol. The molecule has 1 aliphatic rings. The van der Waals surface area contributed by atoms with Crippen molar-refractivity contribution in [2.45, 2.75) is 26.3 Å². The smallest absolute Gasteiger partial charge is 0.322 e. The standard InChI is InChI=1S/C21H23BrF2N2O3/c1-12(2)11-29-16-6-14(5-15(23)8-16)19(10-27)25-21(28)26-4-3-13-7-17(22)18(24)9-20(13)26/h5-9,12,19,27H,3-4,10-11H2,1-2H3,(H,25,28)/t19-/m1/s1. The van der Waals surface area contributed by atoms with Gasteiger partial charge in [0, 0.05) is 12.6 Å². The molecule has 2 aromatic carbocycles. The van der Waals surface area contributed by atoms with Gasteiger partial charge >= 0.3 is 6.03 Å².